The number of halogens is 3. The molecule has 0 atom stereocenters. The Labute approximate surface area is 131 Å². The van der Waals surface area contributed by atoms with Crippen molar-refractivity contribution in [1.82, 2.24) is 4.98 Å². The van der Waals surface area contributed by atoms with Crippen LogP contribution >= 0.6 is 34.8 Å². The van der Waals surface area contributed by atoms with Crippen LogP contribution in [0.4, 0.5) is 0 Å². The van der Waals surface area contributed by atoms with E-state index in [1.54, 1.807) is 24.4 Å². The van der Waals surface area contributed by atoms with E-state index in [0.717, 1.165) is 0 Å². The summed E-state index contributed by atoms with van der Waals surface area (Å²) >= 11 is 18.4. The number of ether oxygens (including phenoxy) is 1. The summed E-state index contributed by atoms with van der Waals surface area (Å²) in [6.45, 7) is 0. The highest BCUT2D eigenvalue weighted by atomic mass is 35.5. The van der Waals surface area contributed by atoms with Gasteiger partial charge in [0.15, 0.2) is 0 Å². The molecule has 0 saturated carbocycles. The van der Waals surface area contributed by atoms with Crippen LogP contribution in [0.15, 0.2) is 24.4 Å². The average molecular weight is 328 g/mol. The minimum atomic E-state index is 0.180. The van der Waals surface area contributed by atoms with Crippen LogP contribution in [0.3, 0.4) is 0 Å². The van der Waals surface area contributed by atoms with Crippen LogP contribution in [0.2, 0.25) is 15.1 Å². The second kappa shape index (κ2) is 6.32. The van der Waals surface area contributed by atoms with E-state index < -0.39 is 0 Å². The van der Waals surface area contributed by atoms with Gasteiger partial charge in [-0.3, -0.25) is 0 Å². The number of nitrogens with zero attached hydrogens (tertiary/aromatic N) is 2. The van der Waals surface area contributed by atoms with Crippen molar-refractivity contribution in [3.8, 4) is 23.1 Å². The minimum absolute atomic E-state index is 0.180. The van der Waals surface area contributed by atoms with Crippen LogP contribution in [0.5, 0.6) is 5.88 Å². The molecule has 1 heterocycles. The zero-order valence-electron chi connectivity index (χ0n) is 10.5. The van der Waals surface area contributed by atoms with E-state index in [1.165, 1.54) is 7.11 Å². The minimum Gasteiger partial charge on any atom is -0.481 e. The summed E-state index contributed by atoms with van der Waals surface area (Å²) in [5.74, 6) is 0.407. The summed E-state index contributed by atoms with van der Waals surface area (Å²) in [6, 6.07) is 7.14. The van der Waals surface area contributed by atoms with Gasteiger partial charge in [0.05, 0.1) is 34.7 Å². The van der Waals surface area contributed by atoms with Gasteiger partial charge in [0.2, 0.25) is 5.88 Å². The van der Waals surface area contributed by atoms with Crippen molar-refractivity contribution in [2.75, 3.05) is 7.11 Å². The Hall–Kier alpha value is -1.47. The van der Waals surface area contributed by atoms with Gasteiger partial charge in [-0.15, -0.1) is 0 Å². The number of nitriles is 1. The maximum atomic E-state index is 8.85. The third-order valence-electron chi connectivity index (χ3n) is 2.72. The molecule has 1 aromatic carbocycles. The molecule has 0 bridgehead atoms. The van der Waals surface area contributed by atoms with Crippen molar-refractivity contribution in [2.24, 2.45) is 0 Å². The molecule has 2 rings (SSSR count). The molecule has 1 aromatic heterocycles. The van der Waals surface area contributed by atoms with E-state index in [-0.39, 0.29) is 6.42 Å². The molecule has 0 fully saturated rings. The zero-order valence-corrected chi connectivity index (χ0v) is 12.7. The van der Waals surface area contributed by atoms with Gasteiger partial charge in [-0.05, 0) is 18.2 Å². The van der Waals surface area contributed by atoms with Crippen LogP contribution in [-0.2, 0) is 6.42 Å². The highest BCUT2D eigenvalue weighted by molar-refractivity contribution is 6.46. The van der Waals surface area contributed by atoms with Crippen LogP contribution in [0.1, 0.15) is 5.56 Å². The topological polar surface area (TPSA) is 45.9 Å². The maximum absolute atomic E-state index is 8.85. The first-order valence-corrected chi connectivity index (χ1v) is 6.75. The Balaban J connectivity index is 2.63. The van der Waals surface area contributed by atoms with E-state index in [9.17, 15) is 0 Å². The van der Waals surface area contributed by atoms with Gasteiger partial charge in [-0.25, -0.2) is 4.98 Å². The fourth-order valence-electron chi connectivity index (χ4n) is 1.82. The summed E-state index contributed by atoms with van der Waals surface area (Å²) in [4.78, 5) is 4.17. The molecule has 0 aliphatic heterocycles. The highest BCUT2D eigenvalue weighted by Gasteiger charge is 2.14. The standard InChI is InChI=1S/C14H9Cl3N2O/c1-20-14-8(4-5-18)6-9(7-19-14)12-10(15)2-3-11(16)13(12)17/h2-3,6-7H,4H2,1H3. The molecule has 0 radical (unpaired) electrons. The molecule has 0 aliphatic rings. The Morgan fingerprint density at radius 3 is 2.60 bits per heavy atom. The molecular weight excluding hydrogens is 319 g/mol. The molecular formula is C14H9Cl3N2O. The number of benzene rings is 1. The summed E-state index contributed by atoms with van der Waals surface area (Å²) in [6.07, 6.45) is 1.77. The van der Waals surface area contributed by atoms with Crippen LogP contribution < -0.4 is 4.74 Å². The molecule has 3 nitrogen and oxygen atoms in total. The maximum Gasteiger partial charge on any atom is 0.217 e. The van der Waals surface area contributed by atoms with Crippen molar-refractivity contribution in [1.29, 1.82) is 5.26 Å². The summed E-state index contributed by atoms with van der Waals surface area (Å²) < 4.78 is 5.12. The normalized spacial score (nSPS) is 10.2. The van der Waals surface area contributed by atoms with Gasteiger partial charge in [0.25, 0.3) is 0 Å². The molecule has 0 N–H and O–H groups in total. The van der Waals surface area contributed by atoms with Gasteiger partial charge in [-0.1, -0.05) is 34.8 Å². The first-order valence-electron chi connectivity index (χ1n) is 5.62. The zero-order chi connectivity index (χ0) is 14.7. The number of aromatic nitrogens is 1. The number of pyridine rings is 1. The van der Waals surface area contributed by atoms with E-state index in [4.69, 9.17) is 44.8 Å². The average Bonchev–Trinajstić information content (AvgIpc) is 2.44. The van der Waals surface area contributed by atoms with Crippen molar-refractivity contribution >= 4 is 34.8 Å². The first-order chi connectivity index (χ1) is 9.58. The van der Waals surface area contributed by atoms with E-state index in [1.807, 2.05) is 0 Å². The SMILES string of the molecule is COc1ncc(-c2c(Cl)ccc(Cl)c2Cl)cc1CC#N. The largest absolute Gasteiger partial charge is 0.481 e. The van der Waals surface area contributed by atoms with E-state index >= 15 is 0 Å². The predicted octanol–water partition coefficient (Wildman–Crippen LogP) is 4.78. The Bertz CT molecular complexity index is 696. The predicted molar refractivity (Wildman–Crippen MR) is 80.6 cm³/mol. The second-order valence-corrected chi connectivity index (χ2v) is 5.14. The summed E-state index contributed by atoms with van der Waals surface area (Å²) in [7, 11) is 1.50. The van der Waals surface area contributed by atoms with Crippen molar-refractivity contribution in [2.45, 2.75) is 6.42 Å². The quantitative estimate of drug-likeness (QED) is 0.762. The number of hydrogen-bond acceptors (Lipinski definition) is 3. The lowest BCUT2D eigenvalue weighted by Gasteiger charge is -2.11. The molecule has 0 amide bonds. The molecule has 0 aliphatic carbocycles. The Kier molecular flexibility index (Phi) is 4.72. The molecule has 20 heavy (non-hydrogen) atoms. The van der Waals surface area contributed by atoms with E-state index in [0.29, 0.717) is 37.6 Å². The molecule has 6 heteroatoms. The lowest BCUT2D eigenvalue weighted by molar-refractivity contribution is 0.394. The van der Waals surface area contributed by atoms with E-state index in [2.05, 4.69) is 11.1 Å². The second-order valence-electron chi connectivity index (χ2n) is 3.95. The Morgan fingerprint density at radius 1 is 1.25 bits per heavy atom. The van der Waals surface area contributed by atoms with Crippen LogP contribution in [-0.4, -0.2) is 12.1 Å². The van der Waals surface area contributed by atoms with Gasteiger partial charge in [0, 0.05) is 22.9 Å². The van der Waals surface area contributed by atoms with Crippen LogP contribution in [0.25, 0.3) is 11.1 Å². The molecule has 2 aromatic rings. The molecule has 0 spiro atoms. The monoisotopic (exact) mass is 326 g/mol. The number of hydrogen-bond donors (Lipinski definition) is 0. The lowest BCUT2D eigenvalue weighted by Crippen LogP contribution is -1.96. The van der Waals surface area contributed by atoms with Crippen molar-refractivity contribution in [3.05, 3.63) is 45.0 Å². The van der Waals surface area contributed by atoms with Gasteiger partial charge in [0.1, 0.15) is 0 Å². The van der Waals surface area contributed by atoms with Crippen molar-refractivity contribution in [3.63, 3.8) is 0 Å². The third kappa shape index (κ3) is 2.83. The third-order valence-corrected chi connectivity index (χ3v) is 3.84. The highest BCUT2D eigenvalue weighted by Crippen LogP contribution is 2.39. The number of rotatable bonds is 3. The van der Waals surface area contributed by atoms with Crippen LogP contribution in [0, 0.1) is 11.3 Å². The molecule has 0 saturated heterocycles. The lowest BCUT2D eigenvalue weighted by atomic mass is 10.0. The van der Waals surface area contributed by atoms with Crippen molar-refractivity contribution < 1.29 is 4.74 Å². The van der Waals surface area contributed by atoms with Gasteiger partial charge >= 0.3 is 0 Å². The van der Waals surface area contributed by atoms with Gasteiger partial charge in [-0.2, -0.15) is 5.26 Å². The first kappa shape index (κ1) is 14.9. The molecule has 102 valence electrons. The summed E-state index contributed by atoms with van der Waals surface area (Å²) in [5, 5.41) is 10.1. The fraction of sp³-hybridized carbons (Fsp3) is 0.143. The number of methoxy groups -OCH3 is 1. The van der Waals surface area contributed by atoms with Gasteiger partial charge < -0.3 is 4.74 Å². The fourth-order valence-corrected chi connectivity index (χ4v) is 2.57. The Morgan fingerprint density at radius 2 is 1.95 bits per heavy atom. The smallest absolute Gasteiger partial charge is 0.217 e. The molecule has 0 unspecified atom stereocenters. The summed E-state index contributed by atoms with van der Waals surface area (Å²) in [5.41, 5.74) is 1.95.